The number of carbonyl (C=O) groups excluding carboxylic acids is 1. The fourth-order valence-electron chi connectivity index (χ4n) is 2.68. The highest BCUT2D eigenvalue weighted by molar-refractivity contribution is 7.89. The van der Waals surface area contributed by atoms with Crippen molar-refractivity contribution in [2.45, 2.75) is 38.0 Å². The molecule has 1 saturated heterocycles. The van der Waals surface area contributed by atoms with Crippen LogP contribution in [0.3, 0.4) is 0 Å². The molecule has 0 unspecified atom stereocenters. The summed E-state index contributed by atoms with van der Waals surface area (Å²) in [5.74, 6) is -0.0637. The van der Waals surface area contributed by atoms with E-state index in [1.807, 2.05) is 6.92 Å². The van der Waals surface area contributed by atoms with E-state index >= 15 is 0 Å². The molecule has 0 atom stereocenters. The van der Waals surface area contributed by atoms with Crippen molar-refractivity contribution in [2.24, 2.45) is 5.92 Å². The fraction of sp³-hybridized carbons (Fsp3) is 0.562. The van der Waals surface area contributed by atoms with Crippen molar-refractivity contribution in [2.75, 3.05) is 19.6 Å². The number of halogens is 1. The zero-order valence-electron chi connectivity index (χ0n) is 13.5. The maximum absolute atomic E-state index is 12.7. The number of carbonyl (C=O) groups is 1. The molecule has 1 fully saturated rings. The molecule has 5 nitrogen and oxygen atoms in total. The zero-order chi connectivity index (χ0) is 17.0. The molecule has 0 aliphatic carbocycles. The minimum absolute atomic E-state index is 0.0336. The summed E-state index contributed by atoms with van der Waals surface area (Å²) in [6.45, 7) is 5.19. The number of benzene rings is 1. The number of aryl methyl sites for hydroxylation is 1. The van der Waals surface area contributed by atoms with Crippen LogP contribution in [0.1, 0.15) is 31.7 Å². The van der Waals surface area contributed by atoms with Crippen LogP contribution in [0.2, 0.25) is 5.02 Å². The lowest BCUT2D eigenvalue weighted by atomic mass is 9.97. The molecular formula is C16H23ClN2O3S. The molecule has 128 valence electrons. The van der Waals surface area contributed by atoms with Crippen molar-refractivity contribution >= 4 is 27.5 Å². The predicted octanol–water partition coefficient (Wildman–Crippen LogP) is 2.58. The summed E-state index contributed by atoms with van der Waals surface area (Å²) in [4.78, 5) is 12.2. The van der Waals surface area contributed by atoms with Crippen LogP contribution < -0.4 is 5.32 Å². The third kappa shape index (κ3) is 4.25. The lowest BCUT2D eigenvalue weighted by Gasteiger charge is -2.30. The first-order valence-corrected chi connectivity index (χ1v) is 9.72. The van der Waals surface area contributed by atoms with E-state index in [2.05, 4.69) is 5.32 Å². The second-order valence-corrected chi connectivity index (χ2v) is 8.23. The van der Waals surface area contributed by atoms with Gasteiger partial charge in [-0.05, 0) is 49.9 Å². The second-order valence-electron chi connectivity index (χ2n) is 5.88. The highest BCUT2D eigenvalue weighted by atomic mass is 35.5. The number of piperidine rings is 1. The van der Waals surface area contributed by atoms with Crippen LogP contribution in [0, 0.1) is 12.8 Å². The highest BCUT2D eigenvalue weighted by Gasteiger charge is 2.32. The minimum atomic E-state index is -3.52. The molecule has 0 spiro atoms. The molecular weight excluding hydrogens is 336 g/mol. The molecule has 0 aromatic heterocycles. The largest absolute Gasteiger partial charge is 0.356 e. The molecule has 1 N–H and O–H groups in total. The first kappa shape index (κ1) is 18.2. The molecule has 7 heteroatoms. The van der Waals surface area contributed by atoms with E-state index in [9.17, 15) is 13.2 Å². The molecule has 1 aliphatic rings. The minimum Gasteiger partial charge on any atom is -0.356 e. The standard InChI is InChI=1S/C16H23ClN2O3S/c1-3-8-18-16(20)13-6-9-19(10-7-13)23(21,22)14-4-5-15(17)12(2)11-14/h4-5,11,13H,3,6-10H2,1-2H3,(H,18,20). The smallest absolute Gasteiger partial charge is 0.243 e. The van der Waals surface area contributed by atoms with Crippen molar-refractivity contribution < 1.29 is 13.2 Å². The van der Waals surface area contributed by atoms with E-state index in [1.165, 1.54) is 10.4 Å². The van der Waals surface area contributed by atoms with Gasteiger partial charge in [0.2, 0.25) is 15.9 Å². The van der Waals surface area contributed by atoms with E-state index < -0.39 is 10.0 Å². The van der Waals surface area contributed by atoms with Crippen LogP contribution in [0.5, 0.6) is 0 Å². The molecule has 2 rings (SSSR count). The number of hydrogen-bond acceptors (Lipinski definition) is 3. The number of rotatable bonds is 5. The molecule has 1 amide bonds. The first-order chi connectivity index (χ1) is 10.9. The fourth-order valence-corrected chi connectivity index (χ4v) is 4.35. The van der Waals surface area contributed by atoms with Gasteiger partial charge in [0.25, 0.3) is 0 Å². The van der Waals surface area contributed by atoms with Crippen LogP contribution in [0.25, 0.3) is 0 Å². The van der Waals surface area contributed by atoms with Gasteiger partial charge in [-0.25, -0.2) is 8.42 Å². The Labute approximate surface area is 143 Å². The van der Waals surface area contributed by atoms with E-state index in [1.54, 1.807) is 19.1 Å². The third-order valence-corrected chi connectivity index (χ3v) is 6.46. The van der Waals surface area contributed by atoms with Crippen LogP contribution >= 0.6 is 11.6 Å². The summed E-state index contributed by atoms with van der Waals surface area (Å²) in [7, 11) is -3.52. The first-order valence-electron chi connectivity index (χ1n) is 7.90. The van der Waals surface area contributed by atoms with Gasteiger partial charge in [-0.3, -0.25) is 4.79 Å². The zero-order valence-corrected chi connectivity index (χ0v) is 15.1. The summed E-state index contributed by atoms with van der Waals surface area (Å²) in [5, 5.41) is 3.43. The van der Waals surface area contributed by atoms with Gasteiger partial charge in [-0.15, -0.1) is 0 Å². The van der Waals surface area contributed by atoms with Crippen molar-refractivity contribution in [3.63, 3.8) is 0 Å². The molecule has 1 aliphatic heterocycles. The number of hydrogen-bond donors (Lipinski definition) is 1. The SMILES string of the molecule is CCCNC(=O)C1CCN(S(=O)(=O)c2ccc(Cl)c(C)c2)CC1. The van der Waals surface area contributed by atoms with Crippen LogP contribution in [-0.2, 0) is 14.8 Å². The van der Waals surface area contributed by atoms with Crippen LogP contribution in [0.15, 0.2) is 23.1 Å². The summed E-state index contributed by atoms with van der Waals surface area (Å²) < 4.78 is 26.8. The maximum atomic E-state index is 12.7. The number of nitrogens with zero attached hydrogens (tertiary/aromatic N) is 1. The van der Waals surface area contributed by atoms with Gasteiger partial charge in [0, 0.05) is 30.6 Å². The van der Waals surface area contributed by atoms with E-state index in [0.717, 1.165) is 12.0 Å². The van der Waals surface area contributed by atoms with Gasteiger partial charge in [-0.1, -0.05) is 18.5 Å². The summed E-state index contributed by atoms with van der Waals surface area (Å²) in [6, 6.07) is 4.73. The predicted molar refractivity (Wildman–Crippen MR) is 91.0 cm³/mol. The molecule has 1 heterocycles. The third-order valence-electron chi connectivity index (χ3n) is 4.14. The van der Waals surface area contributed by atoms with E-state index in [0.29, 0.717) is 37.5 Å². The normalized spacial score (nSPS) is 17.2. The van der Waals surface area contributed by atoms with E-state index in [-0.39, 0.29) is 16.7 Å². The summed E-state index contributed by atoms with van der Waals surface area (Å²) in [5.41, 5.74) is 0.738. The Kier molecular flexibility index (Phi) is 6.06. The number of amides is 1. The number of nitrogens with one attached hydrogen (secondary N) is 1. The molecule has 0 bridgehead atoms. The average Bonchev–Trinajstić information content (AvgIpc) is 2.55. The van der Waals surface area contributed by atoms with Gasteiger partial charge >= 0.3 is 0 Å². The van der Waals surface area contributed by atoms with E-state index in [4.69, 9.17) is 11.6 Å². The monoisotopic (exact) mass is 358 g/mol. The van der Waals surface area contributed by atoms with Crippen molar-refractivity contribution in [1.82, 2.24) is 9.62 Å². The van der Waals surface area contributed by atoms with Crippen molar-refractivity contribution in [3.05, 3.63) is 28.8 Å². The summed E-state index contributed by atoms with van der Waals surface area (Å²) in [6.07, 6.45) is 2.01. The Morgan fingerprint density at radius 3 is 2.57 bits per heavy atom. The molecule has 1 aromatic carbocycles. The topological polar surface area (TPSA) is 66.5 Å². The van der Waals surface area contributed by atoms with Gasteiger partial charge < -0.3 is 5.32 Å². The van der Waals surface area contributed by atoms with Crippen molar-refractivity contribution in [1.29, 1.82) is 0 Å². The number of sulfonamides is 1. The Hall–Kier alpha value is -1.11. The highest BCUT2D eigenvalue weighted by Crippen LogP contribution is 2.26. The Morgan fingerprint density at radius 1 is 1.35 bits per heavy atom. The van der Waals surface area contributed by atoms with Gasteiger partial charge in [0.05, 0.1) is 4.90 Å². The lowest BCUT2D eigenvalue weighted by Crippen LogP contribution is -2.43. The molecule has 1 aromatic rings. The van der Waals surface area contributed by atoms with Crippen LogP contribution in [0.4, 0.5) is 0 Å². The summed E-state index contributed by atoms with van der Waals surface area (Å²) >= 11 is 5.96. The molecule has 23 heavy (non-hydrogen) atoms. The molecule has 0 saturated carbocycles. The quantitative estimate of drug-likeness (QED) is 0.879. The maximum Gasteiger partial charge on any atom is 0.243 e. The van der Waals surface area contributed by atoms with Crippen molar-refractivity contribution in [3.8, 4) is 0 Å². The van der Waals surface area contributed by atoms with Crippen LogP contribution in [-0.4, -0.2) is 38.3 Å². The van der Waals surface area contributed by atoms with Gasteiger partial charge in [-0.2, -0.15) is 4.31 Å². The van der Waals surface area contributed by atoms with Gasteiger partial charge in [0.1, 0.15) is 0 Å². The Bertz CT molecular complexity index is 668. The van der Waals surface area contributed by atoms with Gasteiger partial charge in [0.15, 0.2) is 0 Å². The molecule has 0 radical (unpaired) electrons. The lowest BCUT2D eigenvalue weighted by molar-refractivity contribution is -0.126. The Balaban J connectivity index is 2.03. The second kappa shape index (κ2) is 7.64. The average molecular weight is 359 g/mol. The Morgan fingerprint density at radius 2 is 2.00 bits per heavy atom.